The second-order valence-electron chi connectivity index (χ2n) is 9.29. The summed E-state index contributed by atoms with van der Waals surface area (Å²) in [7, 11) is 0. The van der Waals surface area contributed by atoms with Crippen LogP contribution in [0.3, 0.4) is 0 Å². The highest BCUT2D eigenvalue weighted by Crippen LogP contribution is 2.16. The number of carbonyl (C=O) groups excluding carboxylic acids is 3. The van der Waals surface area contributed by atoms with Crippen LogP contribution < -0.4 is 26.7 Å². The number of hydrogen-bond donors (Lipinski definition) is 5. The monoisotopic (exact) mass is 540 g/mol. The minimum absolute atomic E-state index is 0.0501. The van der Waals surface area contributed by atoms with Gasteiger partial charge in [0.2, 0.25) is 5.91 Å². The fourth-order valence-corrected chi connectivity index (χ4v) is 4.24. The SMILES string of the molecule is NC[C@H](NC(=O)c1ccc(C#Cc2ccc(NC(=O)CN3CCN(c4ccccc4)CC3)cc2)cc1)C(=O)NO. The van der Waals surface area contributed by atoms with Gasteiger partial charge in [-0.25, -0.2) is 5.48 Å². The van der Waals surface area contributed by atoms with Crippen molar-refractivity contribution in [1.29, 1.82) is 0 Å². The van der Waals surface area contributed by atoms with Crippen molar-refractivity contribution in [3.63, 3.8) is 0 Å². The molecule has 3 aromatic carbocycles. The largest absolute Gasteiger partial charge is 0.369 e. The van der Waals surface area contributed by atoms with Gasteiger partial charge in [0, 0.05) is 60.8 Å². The van der Waals surface area contributed by atoms with E-state index in [0.717, 1.165) is 31.7 Å². The molecule has 40 heavy (non-hydrogen) atoms. The number of anilines is 2. The van der Waals surface area contributed by atoms with Crippen LogP contribution in [0.4, 0.5) is 11.4 Å². The lowest BCUT2D eigenvalue weighted by atomic mass is 10.1. The van der Waals surface area contributed by atoms with Crippen molar-refractivity contribution in [2.24, 2.45) is 5.73 Å². The first-order valence-electron chi connectivity index (χ1n) is 12.9. The molecule has 1 atom stereocenters. The Morgan fingerprint density at radius 3 is 2.02 bits per heavy atom. The Kier molecular flexibility index (Phi) is 9.85. The van der Waals surface area contributed by atoms with E-state index in [1.54, 1.807) is 24.3 Å². The van der Waals surface area contributed by atoms with Crippen molar-refractivity contribution in [2.45, 2.75) is 6.04 Å². The second kappa shape index (κ2) is 13.9. The van der Waals surface area contributed by atoms with Crippen LogP contribution in [0.5, 0.6) is 0 Å². The Hall–Kier alpha value is -4.69. The molecule has 3 amide bonds. The molecule has 1 heterocycles. The van der Waals surface area contributed by atoms with Crippen LogP contribution in [0, 0.1) is 11.8 Å². The number of amides is 3. The van der Waals surface area contributed by atoms with E-state index in [4.69, 9.17) is 10.9 Å². The number of hydroxylamine groups is 1. The average Bonchev–Trinajstić information content (AvgIpc) is 3.00. The molecule has 0 saturated carbocycles. The first-order chi connectivity index (χ1) is 19.4. The number of nitrogens with two attached hydrogens (primary N) is 1. The quantitative estimate of drug-likeness (QED) is 0.165. The molecule has 0 radical (unpaired) electrons. The van der Waals surface area contributed by atoms with E-state index in [-0.39, 0.29) is 12.5 Å². The van der Waals surface area contributed by atoms with E-state index in [2.05, 4.69) is 44.4 Å². The summed E-state index contributed by atoms with van der Waals surface area (Å²) in [6.07, 6.45) is 0. The Morgan fingerprint density at radius 1 is 0.850 bits per heavy atom. The van der Waals surface area contributed by atoms with Gasteiger partial charge in [-0.2, -0.15) is 0 Å². The minimum atomic E-state index is -1.04. The molecule has 10 heteroatoms. The molecule has 1 saturated heterocycles. The van der Waals surface area contributed by atoms with Crippen LogP contribution in [-0.2, 0) is 9.59 Å². The highest BCUT2D eigenvalue weighted by atomic mass is 16.5. The smallest absolute Gasteiger partial charge is 0.267 e. The van der Waals surface area contributed by atoms with Gasteiger partial charge in [0.25, 0.3) is 11.8 Å². The number of hydrogen-bond acceptors (Lipinski definition) is 7. The summed E-state index contributed by atoms with van der Waals surface area (Å²) in [5.41, 5.74) is 10.7. The van der Waals surface area contributed by atoms with Gasteiger partial charge in [0.15, 0.2) is 0 Å². The van der Waals surface area contributed by atoms with Crippen LogP contribution in [0.2, 0.25) is 0 Å². The Labute approximate surface area is 233 Å². The van der Waals surface area contributed by atoms with Crippen LogP contribution in [-0.4, -0.2) is 73.1 Å². The van der Waals surface area contributed by atoms with Crippen molar-refractivity contribution in [3.05, 3.63) is 95.6 Å². The van der Waals surface area contributed by atoms with E-state index >= 15 is 0 Å². The fraction of sp³-hybridized carbons (Fsp3) is 0.233. The fourth-order valence-electron chi connectivity index (χ4n) is 4.24. The first kappa shape index (κ1) is 28.3. The van der Waals surface area contributed by atoms with Crippen LogP contribution in [0.25, 0.3) is 0 Å². The molecule has 3 aromatic rings. The number of rotatable bonds is 8. The van der Waals surface area contributed by atoms with Crippen molar-refractivity contribution in [2.75, 3.05) is 49.5 Å². The molecule has 1 aliphatic rings. The molecular formula is C30H32N6O4. The van der Waals surface area contributed by atoms with Gasteiger partial charge in [-0.1, -0.05) is 30.0 Å². The molecule has 0 unspecified atom stereocenters. The Bertz CT molecular complexity index is 1360. The third-order valence-corrected chi connectivity index (χ3v) is 6.50. The molecule has 1 aliphatic heterocycles. The van der Waals surface area contributed by atoms with E-state index < -0.39 is 17.9 Å². The first-order valence-corrected chi connectivity index (χ1v) is 12.9. The normalized spacial score (nSPS) is 13.9. The summed E-state index contributed by atoms with van der Waals surface area (Å²) in [5.74, 6) is 4.77. The number of nitrogens with one attached hydrogen (secondary N) is 3. The van der Waals surface area contributed by atoms with E-state index in [1.807, 2.05) is 42.5 Å². The molecule has 0 bridgehead atoms. The molecule has 0 spiro atoms. The van der Waals surface area contributed by atoms with E-state index in [9.17, 15) is 14.4 Å². The minimum Gasteiger partial charge on any atom is -0.369 e. The maximum absolute atomic E-state index is 12.6. The number of nitrogens with zero attached hydrogens (tertiary/aromatic N) is 2. The summed E-state index contributed by atoms with van der Waals surface area (Å²) < 4.78 is 0. The van der Waals surface area contributed by atoms with E-state index in [1.165, 1.54) is 11.2 Å². The summed E-state index contributed by atoms with van der Waals surface area (Å²) in [4.78, 5) is 40.9. The van der Waals surface area contributed by atoms with Gasteiger partial charge < -0.3 is 21.3 Å². The van der Waals surface area contributed by atoms with Crippen LogP contribution in [0.15, 0.2) is 78.9 Å². The van der Waals surface area contributed by atoms with Crippen molar-refractivity contribution < 1.29 is 19.6 Å². The third-order valence-electron chi connectivity index (χ3n) is 6.50. The molecule has 1 fully saturated rings. The Morgan fingerprint density at radius 2 is 1.45 bits per heavy atom. The summed E-state index contributed by atoms with van der Waals surface area (Å²) in [6, 6.07) is 23.1. The highest BCUT2D eigenvalue weighted by molar-refractivity contribution is 5.97. The molecular weight excluding hydrogens is 508 g/mol. The van der Waals surface area contributed by atoms with Gasteiger partial charge in [-0.15, -0.1) is 0 Å². The van der Waals surface area contributed by atoms with Crippen molar-refractivity contribution in [3.8, 4) is 11.8 Å². The number of benzene rings is 3. The summed E-state index contributed by atoms with van der Waals surface area (Å²) in [5, 5.41) is 14.1. The highest BCUT2D eigenvalue weighted by Gasteiger charge is 2.20. The lowest BCUT2D eigenvalue weighted by molar-refractivity contribution is -0.130. The van der Waals surface area contributed by atoms with Crippen LogP contribution in [0.1, 0.15) is 21.5 Å². The predicted octanol–water partition coefficient (Wildman–Crippen LogP) is 1.41. The summed E-state index contributed by atoms with van der Waals surface area (Å²) >= 11 is 0. The van der Waals surface area contributed by atoms with Crippen molar-refractivity contribution in [1.82, 2.24) is 15.7 Å². The molecule has 10 nitrogen and oxygen atoms in total. The van der Waals surface area contributed by atoms with Gasteiger partial charge in [0.05, 0.1) is 6.54 Å². The van der Waals surface area contributed by atoms with Gasteiger partial charge in [-0.3, -0.25) is 24.5 Å². The zero-order valence-electron chi connectivity index (χ0n) is 22.0. The average molecular weight is 541 g/mol. The third kappa shape index (κ3) is 7.91. The van der Waals surface area contributed by atoms with E-state index in [0.29, 0.717) is 23.4 Å². The topological polar surface area (TPSA) is 140 Å². The Balaban J connectivity index is 1.24. The zero-order valence-corrected chi connectivity index (χ0v) is 22.0. The number of piperazine rings is 1. The molecule has 0 aliphatic carbocycles. The van der Waals surface area contributed by atoms with Gasteiger partial charge in [0.1, 0.15) is 6.04 Å². The standard InChI is InChI=1S/C30H32N6O4/c31-20-27(30(39)34-40)33-29(38)24-12-8-22(9-13-24)6-7-23-10-14-25(15-11-23)32-28(37)21-35-16-18-36(19-17-35)26-4-2-1-3-5-26/h1-5,8-15,27,40H,16-21,31H2,(H,32,37)(H,33,38)(H,34,39)/t27-/m0/s1. The summed E-state index contributed by atoms with van der Waals surface area (Å²) in [6.45, 7) is 3.63. The predicted molar refractivity (Wildman–Crippen MR) is 153 cm³/mol. The maximum Gasteiger partial charge on any atom is 0.267 e. The second-order valence-corrected chi connectivity index (χ2v) is 9.29. The van der Waals surface area contributed by atoms with Crippen LogP contribution >= 0.6 is 0 Å². The molecule has 4 rings (SSSR count). The van der Waals surface area contributed by atoms with Gasteiger partial charge in [-0.05, 0) is 60.7 Å². The number of para-hydroxylation sites is 1. The number of carbonyl (C=O) groups is 3. The van der Waals surface area contributed by atoms with Crippen molar-refractivity contribution >= 4 is 29.1 Å². The molecule has 206 valence electrons. The lowest BCUT2D eigenvalue weighted by Gasteiger charge is -2.35. The maximum atomic E-state index is 12.6. The molecule has 6 N–H and O–H groups in total. The lowest BCUT2D eigenvalue weighted by Crippen LogP contribution is -2.50. The molecule has 0 aromatic heterocycles. The van der Waals surface area contributed by atoms with Gasteiger partial charge >= 0.3 is 0 Å². The zero-order chi connectivity index (χ0) is 28.3.